The Labute approximate surface area is 296 Å². The molecule has 2 aliphatic rings. The zero-order chi connectivity index (χ0) is 33.7. The third-order valence-corrected chi connectivity index (χ3v) is 11.6. The lowest BCUT2D eigenvalue weighted by molar-refractivity contribution is 0.668. The van der Waals surface area contributed by atoms with Gasteiger partial charge in [-0.25, -0.2) is 0 Å². The van der Waals surface area contributed by atoms with Crippen molar-refractivity contribution in [3.63, 3.8) is 0 Å². The zero-order valence-electron chi connectivity index (χ0n) is 27.8. The Hall–Kier alpha value is -6.84. The van der Waals surface area contributed by atoms with Crippen molar-refractivity contribution in [1.29, 1.82) is 0 Å². The fraction of sp³-hybridized carbons (Fsp3) is 0.0204. The highest BCUT2D eigenvalue weighted by Crippen LogP contribution is 2.54. The van der Waals surface area contributed by atoms with E-state index in [1.54, 1.807) is 0 Å². The predicted octanol–water partition coefficient (Wildman–Crippen LogP) is 13.9. The fourth-order valence-electron chi connectivity index (χ4n) is 9.28. The number of hydrogen-bond acceptors (Lipinski definition) is 3. The van der Waals surface area contributed by atoms with Gasteiger partial charge in [-0.15, -0.1) is 0 Å². The molecule has 3 nitrogen and oxygen atoms in total. The summed E-state index contributed by atoms with van der Waals surface area (Å²) in [6.45, 7) is 0. The lowest BCUT2D eigenvalue weighted by Gasteiger charge is -2.24. The normalized spacial score (nSPS) is 12.9. The molecular weight excluding hydrogens is 637 g/mol. The van der Waals surface area contributed by atoms with Gasteiger partial charge >= 0.3 is 0 Å². The summed E-state index contributed by atoms with van der Waals surface area (Å²) >= 11 is 0. The van der Waals surface area contributed by atoms with Gasteiger partial charge < -0.3 is 13.3 Å². The Bertz CT molecular complexity index is 3380. The van der Waals surface area contributed by atoms with Gasteiger partial charge in [-0.05, 0) is 140 Å². The van der Waals surface area contributed by atoms with Crippen molar-refractivity contribution < 1.29 is 13.3 Å². The molecule has 0 fully saturated rings. The van der Waals surface area contributed by atoms with Gasteiger partial charge in [-0.1, -0.05) is 78.9 Å². The van der Waals surface area contributed by atoms with Crippen LogP contribution in [-0.2, 0) is 6.42 Å². The zero-order valence-corrected chi connectivity index (χ0v) is 27.8. The monoisotopic (exact) mass is 662 g/mol. The molecule has 0 aliphatic heterocycles. The first kappa shape index (κ1) is 27.0. The van der Waals surface area contributed by atoms with Crippen molar-refractivity contribution >= 4 is 65.8 Å². The summed E-state index contributed by atoms with van der Waals surface area (Å²) in [6, 6.07) is 52.7. The molecule has 0 N–H and O–H groups in total. The van der Waals surface area contributed by atoms with E-state index >= 15 is 0 Å². The van der Waals surface area contributed by atoms with Crippen LogP contribution >= 0.6 is 0 Å². The SMILES string of the molecule is c1ccc2c(c1)Cc1cc3c(cc1-2)-c1cc2c(cc1-c1cc4oc5ccccc5c4cc1-c1cc4c(cc1-3)oc1ccccc14)oc1ccccc12. The molecule has 52 heavy (non-hydrogen) atoms. The maximum absolute atomic E-state index is 6.59. The van der Waals surface area contributed by atoms with Gasteiger partial charge in [-0.2, -0.15) is 0 Å². The molecule has 3 heterocycles. The molecule has 0 spiro atoms. The third kappa shape index (κ3) is 3.45. The summed E-state index contributed by atoms with van der Waals surface area (Å²) in [4.78, 5) is 0. The van der Waals surface area contributed by atoms with Crippen molar-refractivity contribution in [1.82, 2.24) is 0 Å². The van der Waals surface area contributed by atoms with Gasteiger partial charge in [0.05, 0.1) is 0 Å². The number of para-hydroxylation sites is 3. The van der Waals surface area contributed by atoms with Crippen LogP contribution in [0.5, 0.6) is 0 Å². The summed E-state index contributed by atoms with van der Waals surface area (Å²) in [5, 5.41) is 6.68. The largest absolute Gasteiger partial charge is 0.456 e. The van der Waals surface area contributed by atoms with Crippen LogP contribution in [0.25, 0.3) is 121 Å². The molecule has 0 amide bonds. The van der Waals surface area contributed by atoms with Crippen molar-refractivity contribution in [3.8, 4) is 55.6 Å². The highest BCUT2D eigenvalue weighted by molar-refractivity contribution is 6.18. The molecule has 0 bridgehead atoms. The average molecular weight is 663 g/mol. The smallest absolute Gasteiger partial charge is 0.136 e. The van der Waals surface area contributed by atoms with Gasteiger partial charge in [0.1, 0.15) is 33.5 Å². The lowest BCUT2D eigenvalue weighted by Crippen LogP contribution is -1.99. The van der Waals surface area contributed by atoms with Crippen LogP contribution in [-0.4, -0.2) is 0 Å². The molecule has 0 radical (unpaired) electrons. The second-order valence-corrected chi connectivity index (χ2v) is 14.4. The fourth-order valence-corrected chi connectivity index (χ4v) is 9.28. The van der Waals surface area contributed by atoms with Crippen LogP contribution in [0.3, 0.4) is 0 Å². The Balaban J connectivity index is 1.25. The van der Waals surface area contributed by atoms with Crippen LogP contribution in [0.1, 0.15) is 11.1 Å². The molecular formula is C49H26O3. The minimum absolute atomic E-state index is 0.871. The highest BCUT2D eigenvalue weighted by Gasteiger charge is 2.29. The number of benzene rings is 8. The average Bonchev–Trinajstić information content (AvgIpc) is 3.94. The molecule has 0 unspecified atom stereocenters. The van der Waals surface area contributed by atoms with E-state index in [0.29, 0.717) is 0 Å². The van der Waals surface area contributed by atoms with E-state index < -0.39 is 0 Å². The Morgan fingerprint density at radius 3 is 1.13 bits per heavy atom. The first-order valence-corrected chi connectivity index (χ1v) is 17.9. The summed E-state index contributed by atoms with van der Waals surface area (Å²) < 4.78 is 19.7. The molecule has 0 atom stereocenters. The van der Waals surface area contributed by atoms with E-state index in [1.165, 1.54) is 44.5 Å². The molecule has 3 heteroatoms. The van der Waals surface area contributed by atoms with Gasteiger partial charge in [0.15, 0.2) is 0 Å². The number of furan rings is 3. The quantitative estimate of drug-likeness (QED) is 0.162. The van der Waals surface area contributed by atoms with E-state index in [2.05, 4.69) is 127 Å². The van der Waals surface area contributed by atoms with E-state index in [-0.39, 0.29) is 0 Å². The summed E-state index contributed by atoms with van der Waals surface area (Å²) in [6.07, 6.45) is 0.914. The predicted molar refractivity (Wildman–Crippen MR) is 212 cm³/mol. The van der Waals surface area contributed by atoms with E-state index in [9.17, 15) is 0 Å². The topological polar surface area (TPSA) is 39.4 Å². The number of rotatable bonds is 0. The lowest BCUT2D eigenvalue weighted by atomic mass is 9.78. The number of hydrogen-bond donors (Lipinski definition) is 0. The molecule has 3 aromatic heterocycles. The Kier molecular flexibility index (Phi) is 4.91. The molecule has 0 saturated carbocycles. The number of fused-ring (bicyclic) bond motifs is 20. The molecule has 8 aromatic carbocycles. The van der Waals surface area contributed by atoms with Crippen LogP contribution in [0.2, 0.25) is 0 Å². The highest BCUT2D eigenvalue weighted by atomic mass is 16.3. The van der Waals surface area contributed by atoms with Crippen LogP contribution < -0.4 is 0 Å². The summed E-state index contributed by atoms with van der Waals surface area (Å²) in [5.74, 6) is 0. The third-order valence-electron chi connectivity index (χ3n) is 11.6. The second kappa shape index (κ2) is 9.48. The minimum Gasteiger partial charge on any atom is -0.456 e. The first-order valence-electron chi connectivity index (χ1n) is 17.9. The van der Waals surface area contributed by atoms with Crippen molar-refractivity contribution in [2.45, 2.75) is 6.42 Å². The Morgan fingerprint density at radius 2 is 0.635 bits per heavy atom. The van der Waals surface area contributed by atoms with Crippen LogP contribution in [0, 0.1) is 0 Å². The van der Waals surface area contributed by atoms with Gasteiger partial charge in [-0.3, -0.25) is 0 Å². The van der Waals surface area contributed by atoms with Crippen molar-refractivity contribution in [3.05, 3.63) is 157 Å². The van der Waals surface area contributed by atoms with Crippen molar-refractivity contribution in [2.24, 2.45) is 0 Å². The Morgan fingerprint density at radius 1 is 0.250 bits per heavy atom. The maximum atomic E-state index is 6.59. The van der Waals surface area contributed by atoms with E-state index in [0.717, 1.165) is 94.5 Å². The van der Waals surface area contributed by atoms with Gasteiger partial charge in [0, 0.05) is 32.3 Å². The first-order chi connectivity index (χ1) is 25.7. The van der Waals surface area contributed by atoms with E-state index in [1.807, 2.05) is 18.2 Å². The van der Waals surface area contributed by atoms with E-state index in [4.69, 9.17) is 13.3 Å². The van der Waals surface area contributed by atoms with Gasteiger partial charge in [0.2, 0.25) is 0 Å². The molecule has 0 saturated heterocycles. The van der Waals surface area contributed by atoms with Crippen LogP contribution in [0.4, 0.5) is 0 Å². The van der Waals surface area contributed by atoms with Crippen molar-refractivity contribution in [2.75, 3.05) is 0 Å². The summed E-state index contributed by atoms with van der Waals surface area (Å²) in [5.41, 5.74) is 20.0. The molecule has 11 aromatic rings. The standard InChI is InChI=1S/C49H26O3/c1-2-10-28-26(9-1)17-27-18-33-34(19-32(27)28)35-20-41-29-11-3-7-15-45(29)51-48(41)24-39(35)40-25-49-43(31-13-5-8-16-46(31)52-49)22-37(40)36-21-42-30-12-4-6-14-44(30)50-47(42)23-38(33)36/h1-16,18-25H,17H2. The second-order valence-electron chi connectivity index (χ2n) is 14.4. The van der Waals surface area contributed by atoms with Crippen LogP contribution in [0.15, 0.2) is 159 Å². The molecule has 2 aliphatic carbocycles. The summed E-state index contributed by atoms with van der Waals surface area (Å²) in [7, 11) is 0. The molecule has 13 rings (SSSR count). The van der Waals surface area contributed by atoms with Gasteiger partial charge in [0.25, 0.3) is 0 Å². The molecule has 240 valence electrons. The maximum Gasteiger partial charge on any atom is 0.136 e. The minimum atomic E-state index is 0.871.